The van der Waals surface area contributed by atoms with Gasteiger partial charge in [0.2, 0.25) is 11.2 Å². The monoisotopic (exact) mass is 281 g/mol. The molecule has 19 heavy (non-hydrogen) atoms. The van der Waals surface area contributed by atoms with Crippen molar-refractivity contribution >= 4 is 22.7 Å². The van der Waals surface area contributed by atoms with Gasteiger partial charge >= 0.3 is 0 Å². The van der Waals surface area contributed by atoms with Gasteiger partial charge in [-0.1, -0.05) is 12.6 Å². The second-order valence-corrected chi connectivity index (χ2v) is 4.86. The van der Waals surface area contributed by atoms with Crippen molar-refractivity contribution < 1.29 is 13.7 Å². The molecule has 0 saturated carbocycles. The van der Waals surface area contributed by atoms with Gasteiger partial charge in [0.25, 0.3) is 0 Å². The molecule has 1 aliphatic heterocycles. The van der Waals surface area contributed by atoms with Crippen LogP contribution in [0.3, 0.4) is 0 Å². The molecule has 0 fully saturated rings. The molecule has 1 unspecified atom stereocenters. The second-order valence-electron chi connectivity index (χ2n) is 3.98. The van der Waals surface area contributed by atoms with E-state index in [-0.39, 0.29) is 5.84 Å². The third kappa shape index (κ3) is 3.12. The lowest BCUT2D eigenvalue weighted by Crippen LogP contribution is -2.24. The van der Waals surface area contributed by atoms with Gasteiger partial charge in [-0.15, -0.1) is 0 Å². The Hall–Kier alpha value is -1.86. The molecule has 2 rings (SSSR count). The Kier molecular flexibility index (Phi) is 4.18. The summed E-state index contributed by atoms with van der Waals surface area (Å²) in [5.41, 5.74) is 7.86. The van der Waals surface area contributed by atoms with Crippen molar-refractivity contribution in [1.82, 2.24) is 0 Å². The van der Waals surface area contributed by atoms with Crippen LogP contribution >= 0.6 is 0 Å². The molecular weight excluding hydrogens is 266 g/mol. The second kappa shape index (κ2) is 5.85. The van der Waals surface area contributed by atoms with Crippen LogP contribution in [0.2, 0.25) is 0 Å². The number of nitrogens with zero attached hydrogens (tertiary/aromatic N) is 1. The molecule has 1 atom stereocenters. The Morgan fingerprint density at radius 1 is 1.53 bits per heavy atom. The molecule has 1 heterocycles. The average molecular weight is 281 g/mol. The Bertz CT molecular complexity index is 557. The predicted octanol–water partition coefficient (Wildman–Crippen LogP) is 0.977. The summed E-state index contributed by atoms with van der Waals surface area (Å²) in [5.74, 6) is 0.764. The first kappa shape index (κ1) is 13.6. The quantitative estimate of drug-likeness (QED) is 0.788. The van der Waals surface area contributed by atoms with Gasteiger partial charge in [-0.3, -0.25) is 4.72 Å². The Morgan fingerprint density at radius 3 is 3.05 bits per heavy atom. The van der Waals surface area contributed by atoms with Crippen molar-refractivity contribution in [2.45, 2.75) is 0 Å². The number of fused-ring (bicyclic) bond motifs is 1. The number of hydrogen-bond acceptors (Lipinski definition) is 4. The van der Waals surface area contributed by atoms with Gasteiger partial charge < -0.3 is 15.2 Å². The van der Waals surface area contributed by atoms with E-state index < -0.39 is 11.2 Å². The molecule has 0 aromatic heterocycles. The van der Waals surface area contributed by atoms with E-state index in [1.165, 1.54) is 0 Å². The van der Waals surface area contributed by atoms with E-state index in [0.717, 1.165) is 5.57 Å². The number of hydrogen-bond donors (Lipinski definition) is 2. The van der Waals surface area contributed by atoms with Gasteiger partial charge in [0.05, 0.1) is 17.9 Å². The fourth-order valence-electron chi connectivity index (χ4n) is 1.68. The first-order valence-electron chi connectivity index (χ1n) is 5.56. The first-order valence-corrected chi connectivity index (χ1v) is 6.67. The Labute approximate surface area is 114 Å². The van der Waals surface area contributed by atoms with Gasteiger partial charge in [0.15, 0.2) is 0 Å². The largest absolute Gasteiger partial charge is 0.488 e. The molecule has 0 spiro atoms. The zero-order chi connectivity index (χ0) is 13.8. The predicted molar refractivity (Wildman–Crippen MR) is 75.4 cm³/mol. The number of amidine groups is 1. The van der Waals surface area contributed by atoms with Crippen LogP contribution in [0.4, 0.5) is 5.69 Å². The highest BCUT2D eigenvalue weighted by Gasteiger charge is 2.20. The van der Waals surface area contributed by atoms with Crippen LogP contribution in [0.15, 0.2) is 34.7 Å². The smallest absolute Gasteiger partial charge is 0.245 e. The first-order chi connectivity index (χ1) is 9.11. The topological polar surface area (TPSA) is 85.9 Å². The highest BCUT2D eigenvalue weighted by molar-refractivity contribution is 7.85. The molecule has 6 nitrogen and oxygen atoms in total. The normalized spacial score (nSPS) is 17.1. The van der Waals surface area contributed by atoms with Crippen molar-refractivity contribution in [2.24, 2.45) is 10.1 Å². The number of methoxy groups -OCH3 is 1. The van der Waals surface area contributed by atoms with Crippen LogP contribution < -0.4 is 15.2 Å². The highest BCUT2D eigenvalue weighted by Crippen LogP contribution is 2.29. The summed E-state index contributed by atoms with van der Waals surface area (Å²) in [7, 11) is 1.60. The van der Waals surface area contributed by atoms with Gasteiger partial charge in [-0.2, -0.15) is 4.40 Å². The molecular formula is C12H15N3O3S. The van der Waals surface area contributed by atoms with Gasteiger partial charge in [-0.05, 0) is 17.7 Å². The van der Waals surface area contributed by atoms with E-state index in [9.17, 15) is 4.21 Å². The van der Waals surface area contributed by atoms with E-state index in [4.69, 9.17) is 15.2 Å². The van der Waals surface area contributed by atoms with Crippen LogP contribution in [-0.2, 0) is 15.9 Å². The molecule has 7 heteroatoms. The molecule has 1 aromatic rings. The lowest BCUT2D eigenvalue weighted by molar-refractivity contribution is 0.212. The molecule has 0 amide bonds. The van der Waals surface area contributed by atoms with Crippen molar-refractivity contribution in [3.05, 3.63) is 35.9 Å². The van der Waals surface area contributed by atoms with E-state index in [2.05, 4.69) is 15.7 Å². The summed E-state index contributed by atoms with van der Waals surface area (Å²) in [6.45, 7) is 4.58. The zero-order valence-corrected chi connectivity index (χ0v) is 11.3. The van der Waals surface area contributed by atoms with Gasteiger partial charge in [0.1, 0.15) is 18.2 Å². The average Bonchev–Trinajstić information content (AvgIpc) is 2.36. The number of benzene rings is 1. The Balaban J connectivity index is 2.20. The van der Waals surface area contributed by atoms with Crippen molar-refractivity contribution in [3.8, 4) is 5.75 Å². The summed E-state index contributed by atoms with van der Waals surface area (Å²) >= 11 is -1.54. The molecule has 0 radical (unpaired) electrons. The number of nitrogens with two attached hydrogens (primary N) is 1. The van der Waals surface area contributed by atoms with Crippen molar-refractivity contribution in [3.63, 3.8) is 0 Å². The van der Waals surface area contributed by atoms with Crippen LogP contribution in [0.25, 0.3) is 0 Å². The number of anilines is 1. The number of ether oxygens (including phenoxy) is 2. The maximum absolute atomic E-state index is 11.4. The number of nitrogens with one attached hydrogen (secondary N) is 1. The van der Waals surface area contributed by atoms with Gasteiger partial charge in [0, 0.05) is 7.11 Å². The molecule has 0 aliphatic carbocycles. The molecule has 0 bridgehead atoms. The molecule has 0 saturated heterocycles. The molecule has 1 aromatic carbocycles. The summed E-state index contributed by atoms with van der Waals surface area (Å²) in [6.07, 6.45) is 0. The van der Waals surface area contributed by atoms with E-state index in [1.807, 2.05) is 0 Å². The fraction of sp³-hybridized carbons (Fsp3) is 0.250. The molecule has 3 N–H and O–H groups in total. The third-order valence-electron chi connectivity index (χ3n) is 2.44. The van der Waals surface area contributed by atoms with E-state index >= 15 is 0 Å². The highest BCUT2D eigenvalue weighted by atomic mass is 32.2. The van der Waals surface area contributed by atoms with Crippen LogP contribution in [0.1, 0.15) is 5.56 Å². The zero-order valence-electron chi connectivity index (χ0n) is 10.5. The summed E-state index contributed by atoms with van der Waals surface area (Å²) < 4.78 is 28.5. The molecule has 1 aliphatic rings. The summed E-state index contributed by atoms with van der Waals surface area (Å²) in [5, 5.41) is 0. The SMILES string of the molecule is C=C(COC)COc1cccc2c1C(N)=NS(=O)N2. The molecule has 102 valence electrons. The van der Waals surface area contributed by atoms with Crippen molar-refractivity contribution in [2.75, 3.05) is 25.0 Å². The minimum absolute atomic E-state index is 0.194. The summed E-state index contributed by atoms with van der Waals surface area (Å²) in [6, 6.07) is 5.33. The van der Waals surface area contributed by atoms with E-state index in [1.54, 1.807) is 25.3 Å². The van der Waals surface area contributed by atoms with E-state index in [0.29, 0.717) is 30.2 Å². The fourth-order valence-corrected chi connectivity index (χ4v) is 2.35. The third-order valence-corrected chi connectivity index (χ3v) is 3.20. The minimum Gasteiger partial charge on any atom is -0.488 e. The lowest BCUT2D eigenvalue weighted by atomic mass is 10.1. The van der Waals surface area contributed by atoms with Crippen LogP contribution in [0, 0.1) is 0 Å². The number of rotatable bonds is 5. The Morgan fingerprint density at radius 2 is 2.32 bits per heavy atom. The maximum Gasteiger partial charge on any atom is 0.245 e. The van der Waals surface area contributed by atoms with Gasteiger partial charge in [-0.25, -0.2) is 4.21 Å². The van der Waals surface area contributed by atoms with Crippen LogP contribution in [0.5, 0.6) is 5.75 Å². The standard InChI is InChI=1S/C12H15N3O3S/c1-8(6-17-2)7-18-10-5-3-4-9-11(10)12(13)15-19(16)14-9/h3-5,14H,1,6-7H2,2H3,(H2,13,15). The maximum atomic E-state index is 11.4. The lowest BCUT2D eigenvalue weighted by Gasteiger charge is -2.18. The van der Waals surface area contributed by atoms with Crippen molar-refractivity contribution in [1.29, 1.82) is 0 Å². The minimum atomic E-state index is -1.54. The van der Waals surface area contributed by atoms with Crippen LogP contribution in [-0.4, -0.2) is 30.4 Å². The summed E-state index contributed by atoms with van der Waals surface area (Å²) in [4.78, 5) is 0.